The van der Waals surface area contributed by atoms with E-state index in [1.165, 1.54) is 4.88 Å². The molecule has 1 unspecified atom stereocenters. The van der Waals surface area contributed by atoms with Crippen LogP contribution in [0.3, 0.4) is 0 Å². The number of nitrogens with one attached hydrogen (secondary N) is 1. The highest BCUT2D eigenvalue weighted by Crippen LogP contribution is 2.18. The van der Waals surface area contributed by atoms with E-state index in [1.54, 1.807) is 11.3 Å². The predicted molar refractivity (Wildman–Crippen MR) is 59.7 cm³/mol. The van der Waals surface area contributed by atoms with Gasteiger partial charge in [-0.05, 0) is 20.4 Å². The summed E-state index contributed by atoms with van der Waals surface area (Å²) in [5, 5.41) is 4.05. The minimum Gasteiger partial charge on any atom is -0.335 e. The number of carbonyl (C=O) groups is 1. The van der Waals surface area contributed by atoms with Gasteiger partial charge in [0.1, 0.15) is 5.01 Å². The van der Waals surface area contributed by atoms with Gasteiger partial charge >= 0.3 is 0 Å². The number of likely N-dealkylation sites (tertiary alicyclic amines) is 1. The average Bonchev–Trinajstić information content (AvgIpc) is 2.76. The zero-order valence-corrected chi connectivity index (χ0v) is 9.80. The number of thiazole rings is 1. The second kappa shape index (κ2) is 4.28. The molecule has 2 heterocycles. The molecular formula is C10H15N3OS. The molecule has 1 aliphatic heterocycles. The Morgan fingerprint density at radius 2 is 2.53 bits per heavy atom. The molecule has 0 spiro atoms. The van der Waals surface area contributed by atoms with Gasteiger partial charge in [-0.1, -0.05) is 0 Å². The molecule has 0 bridgehead atoms. The van der Waals surface area contributed by atoms with Crippen molar-refractivity contribution in [2.45, 2.75) is 25.9 Å². The van der Waals surface area contributed by atoms with Gasteiger partial charge in [0.15, 0.2) is 0 Å². The Morgan fingerprint density at radius 1 is 1.73 bits per heavy atom. The fraction of sp³-hybridized carbons (Fsp3) is 0.600. The normalized spacial score (nSPS) is 21.3. The molecule has 4 nitrogen and oxygen atoms in total. The monoisotopic (exact) mass is 225 g/mol. The van der Waals surface area contributed by atoms with Crippen LogP contribution in [-0.4, -0.2) is 35.4 Å². The van der Waals surface area contributed by atoms with E-state index in [2.05, 4.69) is 10.3 Å². The van der Waals surface area contributed by atoms with Crippen LogP contribution in [0.5, 0.6) is 0 Å². The van der Waals surface area contributed by atoms with E-state index >= 15 is 0 Å². The quantitative estimate of drug-likeness (QED) is 0.826. The van der Waals surface area contributed by atoms with Gasteiger partial charge < -0.3 is 10.2 Å². The third kappa shape index (κ3) is 2.18. The fourth-order valence-corrected chi connectivity index (χ4v) is 2.60. The number of nitrogens with zero attached hydrogens (tertiary/aromatic N) is 2. The molecule has 0 radical (unpaired) electrons. The van der Waals surface area contributed by atoms with Crippen molar-refractivity contribution >= 4 is 17.2 Å². The van der Waals surface area contributed by atoms with E-state index in [9.17, 15) is 4.79 Å². The predicted octanol–water partition coefficient (Wildman–Crippen LogP) is 0.772. The van der Waals surface area contributed by atoms with E-state index in [1.807, 2.05) is 25.1 Å². The molecule has 82 valence electrons. The van der Waals surface area contributed by atoms with Gasteiger partial charge in [-0.15, -0.1) is 11.3 Å². The Bertz CT molecular complexity index is 363. The second-order valence-corrected chi connectivity index (χ2v) is 5.07. The summed E-state index contributed by atoms with van der Waals surface area (Å²) >= 11 is 1.66. The summed E-state index contributed by atoms with van der Waals surface area (Å²) in [6.07, 6.45) is 2.76. The smallest absolute Gasteiger partial charge is 0.240 e. The molecule has 1 saturated heterocycles. The second-order valence-electron chi connectivity index (χ2n) is 3.75. The van der Waals surface area contributed by atoms with Gasteiger partial charge in [-0.25, -0.2) is 4.98 Å². The fourth-order valence-electron chi connectivity index (χ4n) is 1.80. The van der Waals surface area contributed by atoms with Crippen molar-refractivity contribution in [3.63, 3.8) is 0 Å². The maximum absolute atomic E-state index is 11.8. The van der Waals surface area contributed by atoms with Gasteiger partial charge in [-0.2, -0.15) is 0 Å². The first kappa shape index (κ1) is 10.6. The van der Waals surface area contributed by atoms with Crippen LogP contribution in [-0.2, 0) is 11.3 Å². The molecule has 1 aliphatic rings. The lowest BCUT2D eigenvalue weighted by molar-refractivity contribution is -0.129. The standard InChI is InChI=1S/C10H15N3OS/c1-7-5-12-9(15-7)6-13-4-3-8(11-2)10(13)14/h5,8,11H,3-4,6H2,1-2H3. The molecule has 0 saturated carbocycles. The molecular weight excluding hydrogens is 210 g/mol. The Balaban J connectivity index is 1.99. The van der Waals surface area contributed by atoms with Gasteiger partial charge in [0.25, 0.3) is 0 Å². The highest BCUT2D eigenvalue weighted by molar-refractivity contribution is 7.11. The number of aryl methyl sites for hydroxylation is 1. The largest absolute Gasteiger partial charge is 0.335 e. The summed E-state index contributed by atoms with van der Waals surface area (Å²) in [5.74, 6) is 0.199. The van der Waals surface area contributed by atoms with Crippen LogP contribution in [0.1, 0.15) is 16.3 Å². The SMILES string of the molecule is CNC1CCN(Cc2ncc(C)s2)C1=O. The minimum absolute atomic E-state index is 0.00561. The van der Waals surface area contributed by atoms with Crippen molar-refractivity contribution in [2.24, 2.45) is 0 Å². The topological polar surface area (TPSA) is 45.2 Å². The number of hydrogen-bond donors (Lipinski definition) is 1. The van der Waals surface area contributed by atoms with Crippen molar-refractivity contribution in [2.75, 3.05) is 13.6 Å². The molecule has 1 atom stereocenters. The Kier molecular flexibility index (Phi) is 3.02. The summed E-state index contributed by atoms with van der Waals surface area (Å²) in [7, 11) is 1.83. The maximum atomic E-state index is 11.8. The zero-order valence-electron chi connectivity index (χ0n) is 8.99. The van der Waals surface area contributed by atoms with Crippen molar-refractivity contribution in [3.05, 3.63) is 16.1 Å². The highest BCUT2D eigenvalue weighted by Gasteiger charge is 2.30. The van der Waals surface area contributed by atoms with Crippen LogP contribution in [0.25, 0.3) is 0 Å². The first-order valence-electron chi connectivity index (χ1n) is 5.08. The van der Waals surface area contributed by atoms with Gasteiger partial charge in [0.2, 0.25) is 5.91 Å². The van der Waals surface area contributed by atoms with E-state index in [0.29, 0.717) is 6.54 Å². The van der Waals surface area contributed by atoms with Crippen LogP contribution >= 0.6 is 11.3 Å². The average molecular weight is 225 g/mol. The van der Waals surface area contributed by atoms with E-state index in [-0.39, 0.29) is 11.9 Å². The molecule has 1 fully saturated rings. The minimum atomic E-state index is 0.00561. The molecule has 15 heavy (non-hydrogen) atoms. The summed E-state index contributed by atoms with van der Waals surface area (Å²) in [5.41, 5.74) is 0. The summed E-state index contributed by atoms with van der Waals surface area (Å²) in [6.45, 7) is 3.53. The molecule has 5 heteroatoms. The Hall–Kier alpha value is -0.940. The van der Waals surface area contributed by atoms with Crippen LogP contribution in [0, 0.1) is 6.92 Å². The van der Waals surface area contributed by atoms with Crippen LogP contribution in [0.15, 0.2) is 6.20 Å². The number of rotatable bonds is 3. The van der Waals surface area contributed by atoms with Crippen molar-refractivity contribution in [1.82, 2.24) is 15.2 Å². The number of hydrogen-bond acceptors (Lipinski definition) is 4. The molecule has 0 aromatic carbocycles. The lowest BCUT2D eigenvalue weighted by atomic mass is 10.3. The third-order valence-electron chi connectivity index (χ3n) is 2.64. The summed E-state index contributed by atoms with van der Waals surface area (Å²) in [6, 6.07) is 0.00561. The van der Waals surface area contributed by atoms with Gasteiger partial charge in [0.05, 0.1) is 12.6 Å². The molecule has 1 N–H and O–H groups in total. The number of likely N-dealkylation sites (N-methyl/N-ethyl adjacent to an activating group) is 1. The molecule has 1 amide bonds. The number of aromatic nitrogens is 1. The lowest BCUT2D eigenvalue weighted by Gasteiger charge is -2.14. The van der Waals surface area contributed by atoms with E-state index < -0.39 is 0 Å². The third-order valence-corrected chi connectivity index (χ3v) is 3.54. The molecule has 2 rings (SSSR count). The maximum Gasteiger partial charge on any atom is 0.240 e. The zero-order chi connectivity index (χ0) is 10.8. The highest BCUT2D eigenvalue weighted by atomic mass is 32.1. The first-order chi connectivity index (χ1) is 7.20. The van der Waals surface area contributed by atoms with Gasteiger partial charge in [-0.3, -0.25) is 4.79 Å². The number of amides is 1. The van der Waals surface area contributed by atoms with Crippen molar-refractivity contribution in [3.8, 4) is 0 Å². The van der Waals surface area contributed by atoms with Crippen molar-refractivity contribution in [1.29, 1.82) is 0 Å². The molecule has 1 aromatic rings. The first-order valence-corrected chi connectivity index (χ1v) is 5.89. The van der Waals surface area contributed by atoms with Crippen LogP contribution in [0.4, 0.5) is 0 Å². The summed E-state index contributed by atoms with van der Waals surface area (Å²) in [4.78, 5) is 19.1. The number of carbonyl (C=O) groups excluding carboxylic acids is 1. The van der Waals surface area contributed by atoms with Crippen LogP contribution < -0.4 is 5.32 Å². The van der Waals surface area contributed by atoms with Crippen LogP contribution in [0.2, 0.25) is 0 Å². The van der Waals surface area contributed by atoms with Gasteiger partial charge in [0, 0.05) is 17.6 Å². The summed E-state index contributed by atoms with van der Waals surface area (Å²) < 4.78 is 0. The van der Waals surface area contributed by atoms with Crippen molar-refractivity contribution < 1.29 is 4.79 Å². The Morgan fingerprint density at radius 3 is 3.07 bits per heavy atom. The Labute approximate surface area is 93.3 Å². The van der Waals surface area contributed by atoms with E-state index in [0.717, 1.165) is 18.0 Å². The van der Waals surface area contributed by atoms with E-state index in [4.69, 9.17) is 0 Å². The molecule has 1 aromatic heterocycles. The molecule has 0 aliphatic carbocycles. The lowest BCUT2D eigenvalue weighted by Crippen LogP contribution is -2.35.